The van der Waals surface area contributed by atoms with E-state index in [1.165, 1.54) is 5.56 Å². The molecule has 0 spiro atoms. The van der Waals surface area contributed by atoms with Gasteiger partial charge in [-0.3, -0.25) is 4.98 Å². The quantitative estimate of drug-likeness (QED) is 0.758. The first-order valence-corrected chi connectivity index (χ1v) is 9.89. The Labute approximate surface area is 154 Å². The maximum absolute atomic E-state index is 5.93. The summed E-state index contributed by atoms with van der Waals surface area (Å²) in [7, 11) is 2.15. The Bertz CT molecular complexity index is 737. The topological polar surface area (TPSA) is 38.2 Å². The molecule has 0 amide bonds. The van der Waals surface area contributed by atoms with Crippen molar-refractivity contribution in [3.63, 3.8) is 0 Å². The largest absolute Gasteiger partial charge is 0.377 e. The van der Waals surface area contributed by atoms with E-state index in [9.17, 15) is 0 Å². The fourth-order valence-electron chi connectivity index (χ4n) is 4.54. The van der Waals surface area contributed by atoms with Crippen LogP contribution in [-0.2, 0) is 10.5 Å². The molecular formula is C20H25N3OS. The number of hydrogen-bond acceptors (Lipinski definition) is 5. The molecule has 2 fully saturated rings. The molecule has 1 aromatic carbocycles. The summed E-state index contributed by atoms with van der Waals surface area (Å²) in [5, 5.41) is 0.976. The summed E-state index contributed by atoms with van der Waals surface area (Å²) in [6, 6.07) is 10.9. The fourth-order valence-corrected chi connectivity index (χ4v) is 5.34. The van der Waals surface area contributed by atoms with Crippen LogP contribution in [0.1, 0.15) is 25.8 Å². The Morgan fingerprint density at radius 3 is 2.84 bits per heavy atom. The van der Waals surface area contributed by atoms with Gasteiger partial charge in [0.25, 0.3) is 0 Å². The van der Waals surface area contributed by atoms with E-state index in [0.29, 0.717) is 18.1 Å². The average Bonchev–Trinajstić information content (AvgIpc) is 3.07. The van der Waals surface area contributed by atoms with E-state index in [1.54, 1.807) is 11.8 Å². The summed E-state index contributed by atoms with van der Waals surface area (Å²) in [5.74, 6) is 2.49. The highest BCUT2D eigenvalue weighted by Crippen LogP contribution is 2.54. The number of benzene rings is 1. The Hall–Kier alpha value is -1.59. The molecule has 3 atom stereocenters. The highest BCUT2D eigenvalue weighted by atomic mass is 32.2. The van der Waals surface area contributed by atoms with E-state index >= 15 is 0 Å². The second-order valence-electron chi connectivity index (χ2n) is 7.61. The van der Waals surface area contributed by atoms with Crippen molar-refractivity contribution < 1.29 is 4.74 Å². The van der Waals surface area contributed by atoms with Crippen LogP contribution in [0.3, 0.4) is 0 Å². The van der Waals surface area contributed by atoms with Gasteiger partial charge in [-0.15, -0.1) is 11.8 Å². The van der Waals surface area contributed by atoms with Crippen molar-refractivity contribution in [3.05, 3.63) is 48.3 Å². The Morgan fingerprint density at radius 2 is 2.04 bits per heavy atom. The zero-order valence-corrected chi connectivity index (χ0v) is 15.9. The summed E-state index contributed by atoms with van der Waals surface area (Å²) < 4.78 is 5.93. The molecule has 2 aliphatic rings. The summed E-state index contributed by atoms with van der Waals surface area (Å²) in [5.41, 5.74) is 1.46. The number of aromatic nitrogens is 2. The Balaban J connectivity index is 1.47. The van der Waals surface area contributed by atoms with Crippen LogP contribution in [0.25, 0.3) is 0 Å². The summed E-state index contributed by atoms with van der Waals surface area (Å²) in [6.07, 6.45) is 5.28. The number of anilines is 1. The highest BCUT2D eigenvalue weighted by molar-refractivity contribution is 7.98. The lowest BCUT2D eigenvalue weighted by Crippen LogP contribution is -2.66. The van der Waals surface area contributed by atoms with E-state index in [4.69, 9.17) is 9.72 Å². The van der Waals surface area contributed by atoms with E-state index in [0.717, 1.165) is 29.6 Å². The van der Waals surface area contributed by atoms with Crippen LogP contribution >= 0.6 is 11.8 Å². The van der Waals surface area contributed by atoms with Gasteiger partial charge in [0.1, 0.15) is 10.8 Å². The third-order valence-corrected chi connectivity index (χ3v) is 6.62. The van der Waals surface area contributed by atoms with E-state index < -0.39 is 0 Å². The van der Waals surface area contributed by atoms with Crippen molar-refractivity contribution >= 4 is 17.6 Å². The average molecular weight is 356 g/mol. The third kappa shape index (κ3) is 3.04. The van der Waals surface area contributed by atoms with Crippen LogP contribution in [0.4, 0.5) is 5.82 Å². The molecule has 25 heavy (non-hydrogen) atoms. The molecule has 1 saturated carbocycles. The number of rotatable bonds is 5. The third-order valence-electron chi connectivity index (χ3n) is 5.65. The predicted octanol–water partition coefficient (Wildman–Crippen LogP) is 4.02. The molecular weight excluding hydrogens is 330 g/mol. The molecule has 0 N–H and O–H groups in total. The van der Waals surface area contributed by atoms with Crippen LogP contribution in [0.5, 0.6) is 0 Å². The van der Waals surface area contributed by atoms with Crippen LogP contribution < -0.4 is 4.90 Å². The van der Waals surface area contributed by atoms with E-state index in [-0.39, 0.29) is 5.41 Å². The van der Waals surface area contributed by atoms with E-state index in [2.05, 4.69) is 55.0 Å². The van der Waals surface area contributed by atoms with Crippen LogP contribution in [-0.4, -0.2) is 35.8 Å². The Kier molecular flexibility index (Phi) is 4.46. The maximum Gasteiger partial charge on any atom is 0.148 e. The minimum atomic E-state index is 0.158. The highest BCUT2D eigenvalue weighted by Gasteiger charge is 2.61. The van der Waals surface area contributed by atoms with Gasteiger partial charge in [0.05, 0.1) is 18.5 Å². The SMILES string of the molecule is CN(c1cncc(SCc2ccccc2)n1)C1C2CCOC2C1(C)C. The molecule has 3 unspecified atom stereocenters. The van der Waals surface area contributed by atoms with Gasteiger partial charge in [-0.25, -0.2) is 4.98 Å². The number of thioether (sulfide) groups is 1. The first-order valence-electron chi connectivity index (χ1n) is 8.90. The molecule has 4 rings (SSSR count). The van der Waals surface area contributed by atoms with Gasteiger partial charge in [-0.2, -0.15) is 0 Å². The van der Waals surface area contributed by atoms with Gasteiger partial charge in [0.2, 0.25) is 0 Å². The van der Waals surface area contributed by atoms with Crippen LogP contribution in [0, 0.1) is 11.3 Å². The van der Waals surface area contributed by atoms with Gasteiger partial charge in [0, 0.05) is 36.8 Å². The lowest BCUT2D eigenvalue weighted by Gasteiger charge is -2.58. The maximum atomic E-state index is 5.93. The molecule has 0 bridgehead atoms. The van der Waals surface area contributed by atoms with Gasteiger partial charge < -0.3 is 9.64 Å². The minimum Gasteiger partial charge on any atom is -0.377 e. The first kappa shape index (κ1) is 16.9. The van der Waals surface area contributed by atoms with Crippen molar-refractivity contribution in [1.29, 1.82) is 0 Å². The fraction of sp³-hybridized carbons (Fsp3) is 0.500. The summed E-state index contributed by atoms with van der Waals surface area (Å²) in [4.78, 5) is 11.6. The van der Waals surface area contributed by atoms with Crippen LogP contribution in [0.15, 0.2) is 47.8 Å². The van der Waals surface area contributed by atoms with Crippen molar-refractivity contribution in [1.82, 2.24) is 9.97 Å². The lowest BCUT2D eigenvalue weighted by atomic mass is 9.57. The molecule has 1 aromatic heterocycles. The normalized spacial score (nSPS) is 26.8. The second-order valence-corrected chi connectivity index (χ2v) is 8.61. The Morgan fingerprint density at radius 1 is 1.24 bits per heavy atom. The van der Waals surface area contributed by atoms with Gasteiger partial charge in [-0.05, 0) is 12.0 Å². The molecule has 2 aromatic rings. The zero-order valence-electron chi connectivity index (χ0n) is 15.1. The van der Waals surface area contributed by atoms with Crippen molar-refractivity contribution in [3.8, 4) is 0 Å². The molecule has 2 heterocycles. The van der Waals surface area contributed by atoms with Gasteiger partial charge >= 0.3 is 0 Å². The van der Waals surface area contributed by atoms with Crippen LogP contribution in [0.2, 0.25) is 0 Å². The number of ether oxygens (including phenoxy) is 1. The monoisotopic (exact) mass is 355 g/mol. The summed E-state index contributed by atoms with van der Waals surface area (Å²) >= 11 is 1.74. The standard InChI is InChI=1S/C20H25N3OS/c1-20(2)18(15-9-10-24-19(15)20)23(3)16-11-21-12-17(22-16)25-13-14-7-5-4-6-8-14/h4-8,11-12,15,18-19H,9-10,13H2,1-3H3. The van der Waals surface area contributed by atoms with E-state index in [1.807, 2.05) is 18.5 Å². The molecule has 1 aliphatic heterocycles. The molecule has 132 valence electrons. The number of hydrogen-bond donors (Lipinski definition) is 0. The minimum absolute atomic E-state index is 0.158. The number of fused-ring (bicyclic) bond motifs is 1. The molecule has 4 nitrogen and oxygen atoms in total. The molecule has 1 saturated heterocycles. The van der Waals surface area contributed by atoms with Crippen molar-refractivity contribution in [2.75, 3.05) is 18.6 Å². The first-order chi connectivity index (χ1) is 12.1. The molecule has 0 radical (unpaired) electrons. The second kappa shape index (κ2) is 6.61. The predicted molar refractivity (Wildman–Crippen MR) is 102 cm³/mol. The van der Waals surface area contributed by atoms with Gasteiger partial charge in [0.15, 0.2) is 0 Å². The molecule has 5 heteroatoms. The van der Waals surface area contributed by atoms with Gasteiger partial charge in [-0.1, -0.05) is 44.2 Å². The summed E-state index contributed by atoms with van der Waals surface area (Å²) in [6.45, 7) is 5.51. The number of nitrogens with zero attached hydrogens (tertiary/aromatic N) is 3. The zero-order chi connectivity index (χ0) is 17.4. The molecule has 1 aliphatic carbocycles. The van der Waals surface area contributed by atoms with Crippen molar-refractivity contribution in [2.24, 2.45) is 11.3 Å². The smallest absolute Gasteiger partial charge is 0.148 e. The lowest BCUT2D eigenvalue weighted by molar-refractivity contribution is -0.101. The van der Waals surface area contributed by atoms with Crippen molar-refractivity contribution in [2.45, 2.75) is 43.2 Å².